The van der Waals surface area contributed by atoms with Crippen LogP contribution in [0.25, 0.3) is 0 Å². The summed E-state index contributed by atoms with van der Waals surface area (Å²) in [7, 11) is 0. The monoisotopic (exact) mass is 264 g/mol. The van der Waals surface area contributed by atoms with Crippen molar-refractivity contribution in [3.63, 3.8) is 0 Å². The van der Waals surface area contributed by atoms with Gasteiger partial charge in [0.1, 0.15) is 0 Å². The summed E-state index contributed by atoms with van der Waals surface area (Å²) in [5.74, 6) is 0. The number of aryl methyl sites for hydroxylation is 1. The van der Waals surface area contributed by atoms with Crippen molar-refractivity contribution in [3.8, 4) is 0 Å². The van der Waals surface area contributed by atoms with E-state index >= 15 is 0 Å². The molecule has 0 atom stereocenters. The van der Waals surface area contributed by atoms with Crippen molar-refractivity contribution in [1.82, 2.24) is 0 Å². The van der Waals surface area contributed by atoms with Crippen molar-refractivity contribution < 1.29 is 13.2 Å². The van der Waals surface area contributed by atoms with Crippen LogP contribution in [0.4, 0.5) is 13.2 Å². The van der Waals surface area contributed by atoms with E-state index in [4.69, 9.17) is 12.2 Å². The van der Waals surface area contributed by atoms with Crippen LogP contribution in [0, 0.1) is 6.92 Å². The zero-order valence-corrected chi connectivity index (χ0v) is 10.5. The minimum absolute atomic E-state index is 0.607. The van der Waals surface area contributed by atoms with Gasteiger partial charge in [0, 0.05) is 4.90 Å². The molecule has 0 saturated carbocycles. The molecule has 0 fully saturated rings. The summed E-state index contributed by atoms with van der Waals surface area (Å²) >= 11 is 6.40. The highest BCUT2D eigenvalue weighted by Crippen LogP contribution is 2.33. The molecule has 1 rings (SSSR count). The van der Waals surface area contributed by atoms with Crippen LogP contribution in [0.5, 0.6) is 0 Å². The number of halogens is 3. The Labute approximate surface area is 102 Å². The number of hydrogen-bond acceptors (Lipinski definition) is 2. The maximum atomic E-state index is 12.4. The van der Waals surface area contributed by atoms with Crippen molar-refractivity contribution in [2.45, 2.75) is 31.3 Å². The number of rotatable bonds is 2. The van der Waals surface area contributed by atoms with Crippen molar-refractivity contribution in [2.75, 3.05) is 0 Å². The van der Waals surface area contributed by atoms with Gasteiger partial charge in [-0.3, -0.25) is 0 Å². The van der Waals surface area contributed by atoms with Crippen molar-refractivity contribution in [2.24, 2.45) is 0 Å². The van der Waals surface area contributed by atoms with Gasteiger partial charge in [-0.2, -0.15) is 13.2 Å². The molecular formula is C11H11F3S2. The standard InChI is InChI=1S/C11H11F3S2/c1-3-10(15)16-9-5-4-8(6-7(9)2)11(12,13)14/h4-6H,3H2,1-2H3. The maximum Gasteiger partial charge on any atom is 0.416 e. The second-order valence-electron chi connectivity index (χ2n) is 3.31. The molecule has 1 aromatic carbocycles. The van der Waals surface area contributed by atoms with Crippen LogP contribution in [-0.4, -0.2) is 4.20 Å². The Morgan fingerprint density at radius 1 is 1.38 bits per heavy atom. The number of thiocarbonyl (C=S) groups is 1. The van der Waals surface area contributed by atoms with Crippen molar-refractivity contribution in [1.29, 1.82) is 0 Å². The highest BCUT2D eigenvalue weighted by Gasteiger charge is 2.30. The molecule has 5 heteroatoms. The zero-order valence-electron chi connectivity index (χ0n) is 8.89. The molecule has 0 unspecified atom stereocenters. The first kappa shape index (κ1) is 13.5. The molecule has 0 nitrogen and oxygen atoms in total. The average Bonchev–Trinajstić information content (AvgIpc) is 2.19. The molecular weight excluding hydrogens is 253 g/mol. The first-order valence-electron chi connectivity index (χ1n) is 4.73. The molecule has 0 amide bonds. The minimum atomic E-state index is -4.28. The third kappa shape index (κ3) is 3.49. The molecule has 0 aliphatic rings. The molecule has 0 aliphatic carbocycles. The lowest BCUT2D eigenvalue weighted by Gasteiger charge is -2.10. The molecule has 0 heterocycles. The van der Waals surface area contributed by atoms with Gasteiger partial charge in [-0.05, 0) is 37.1 Å². The normalized spacial score (nSPS) is 11.6. The predicted molar refractivity (Wildman–Crippen MR) is 64.9 cm³/mol. The van der Waals surface area contributed by atoms with E-state index in [0.717, 1.165) is 27.6 Å². The van der Waals surface area contributed by atoms with Gasteiger partial charge in [-0.25, -0.2) is 0 Å². The quantitative estimate of drug-likeness (QED) is 0.553. The maximum absolute atomic E-state index is 12.4. The number of benzene rings is 1. The zero-order chi connectivity index (χ0) is 12.3. The number of alkyl halides is 3. The summed E-state index contributed by atoms with van der Waals surface area (Å²) < 4.78 is 38.0. The molecule has 0 radical (unpaired) electrons. The van der Waals surface area contributed by atoms with Gasteiger partial charge in [0.2, 0.25) is 0 Å². The smallest absolute Gasteiger partial charge is 0.166 e. The largest absolute Gasteiger partial charge is 0.416 e. The first-order chi connectivity index (χ1) is 7.34. The lowest BCUT2D eigenvalue weighted by molar-refractivity contribution is -0.137. The molecule has 0 aliphatic heterocycles. The van der Waals surface area contributed by atoms with E-state index in [2.05, 4.69) is 0 Å². The summed E-state index contributed by atoms with van der Waals surface area (Å²) in [4.78, 5) is 0.792. The highest BCUT2D eigenvalue weighted by atomic mass is 32.2. The van der Waals surface area contributed by atoms with E-state index in [1.165, 1.54) is 17.8 Å². The Balaban J connectivity index is 2.96. The van der Waals surface area contributed by atoms with E-state index in [9.17, 15) is 13.2 Å². The summed E-state index contributed by atoms with van der Waals surface area (Å²) in [6, 6.07) is 3.72. The Bertz CT molecular complexity index is 397. The summed E-state index contributed by atoms with van der Waals surface area (Å²) in [6.07, 6.45) is -3.54. The lowest BCUT2D eigenvalue weighted by Crippen LogP contribution is -2.05. The van der Waals surface area contributed by atoms with E-state index in [0.29, 0.717) is 5.56 Å². The fourth-order valence-corrected chi connectivity index (χ4v) is 2.15. The Hall–Kier alpha value is -0.550. The molecule has 0 spiro atoms. The van der Waals surface area contributed by atoms with Gasteiger partial charge in [0.25, 0.3) is 0 Å². The van der Waals surface area contributed by atoms with Gasteiger partial charge < -0.3 is 0 Å². The summed E-state index contributed by atoms with van der Waals surface area (Å²) in [6.45, 7) is 3.59. The second-order valence-corrected chi connectivity index (χ2v) is 5.19. The van der Waals surface area contributed by atoms with Gasteiger partial charge in [0.15, 0.2) is 0 Å². The van der Waals surface area contributed by atoms with Crippen LogP contribution in [0.3, 0.4) is 0 Å². The Morgan fingerprint density at radius 2 is 2.00 bits per heavy atom. The topological polar surface area (TPSA) is 0 Å². The Morgan fingerprint density at radius 3 is 2.44 bits per heavy atom. The second kappa shape index (κ2) is 5.19. The molecule has 0 aromatic heterocycles. The number of thioether (sulfide) groups is 1. The SMILES string of the molecule is CCC(=S)Sc1ccc(C(F)(F)F)cc1C. The van der Waals surface area contributed by atoms with Crippen LogP contribution < -0.4 is 0 Å². The third-order valence-electron chi connectivity index (χ3n) is 2.01. The average molecular weight is 264 g/mol. The van der Waals surface area contributed by atoms with Gasteiger partial charge >= 0.3 is 6.18 Å². The minimum Gasteiger partial charge on any atom is -0.166 e. The van der Waals surface area contributed by atoms with Crippen LogP contribution in [0.1, 0.15) is 24.5 Å². The fourth-order valence-electron chi connectivity index (χ4n) is 1.14. The summed E-state index contributed by atoms with van der Waals surface area (Å²) in [5, 5.41) is 0. The number of hydrogen-bond donors (Lipinski definition) is 0. The van der Waals surface area contributed by atoms with E-state index in [1.54, 1.807) is 6.92 Å². The van der Waals surface area contributed by atoms with Crippen LogP contribution >= 0.6 is 24.0 Å². The molecule has 0 N–H and O–H groups in total. The van der Waals surface area contributed by atoms with E-state index < -0.39 is 11.7 Å². The van der Waals surface area contributed by atoms with Gasteiger partial charge in [0.05, 0.1) is 9.76 Å². The van der Waals surface area contributed by atoms with Crippen molar-refractivity contribution in [3.05, 3.63) is 29.3 Å². The Kier molecular flexibility index (Phi) is 4.38. The van der Waals surface area contributed by atoms with E-state index in [1.807, 2.05) is 6.92 Å². The van der Waals surface area contributed by atoms with Crippen LogP contribution in [-0.2, 0) is 6.18 Å². The van der Waals surface area contributed by atoms with Gasteiger partial charge in [-0.1, -0.05) is 30.9 Å². The molecule has 16 heavy (non-hydrogen) atoms. The van der Waals surface area contributed by atoms with E-state index in [-0.39, 0.29) is 0 Å². The van der Waals surface area contributed by atoms with Crippen LogP contribution in [0.2, 0.25) is 0 Å². The van der Waals surface area contributed by atoms with Gasteiger partial charge in [-0.15, -0.1) is 0 Å². The van der Waals surface area contributed by atoms with Crippen molar-refractivity contribution >= 4 is 28.2 Å². The molecule has 1 aromatic rings. The highest BCUT2D eigenvalue weighted by molar-refractivity contribution is 8.23. The predicted octanol–water partition coefficient (Wildman–Crippen LogP) is 4.84. The molecule has 0 saturated heterocycles. The fraction of sp³-hybridized carbons (Fsp3) is 0.364. The van der Waals surface area contributed by atoms with Crippen LogP contribution in [0.15, 0.2) is 23.1 Å². The lowest BCUT2D eigenvalue weighted by atomic mass is 10.1. The molecule has 88 valence electrons. The summed E-state index contributed by atoms with van der Waals surface area (Å²) in [5.41, 5.74) is -0.00704. The third-order valence-corrected chi connectivity index (χ3v) is 3.75. The molecule has 0 bridgehead atoms. The first-order valence-corrected chi connectivity index (χ1v) is 5.95.